The van der Waals surface area contributed by atoms with Gasteiger partial charge in [0.25, 0.3) is 0 Å². The van der Waals surface area contributed by atoms with Crippen LogP contribution in [0.5, 0.6) is 0 Å². The van der Waals surface area contributed by atoms with Gasteiger partial charge in [-0.05, 0) is 30.3 Å². The number of nitrogens with zero attached hydrogens (tertiary/aromatic N) is 2. The fraction of sp³-hybridized carbons (Fsp3) is 0.391. The summed E-state index contributed by atoms with van der Waals surface area (Å²) < 4.78 is 117. The summed E-state index contributed by atoms with van der Waals surface area (Å²) in [6.45, 7) is -0.652. The Morgan fingerprint density at radius 2 is 1.79 bits per heavy atom. The number of hydrogen-bond acceptors (Lipinski definition) is 6. The van der Waals surface area contributed by atoms with Crippen molar-refractivity contribution < 1.29 is 49.5 Å². The molecule has 1 unspecified atom stereocenters. The molecule has 212 valence electrons. The lowest BCUT2D eigenvalue weighted by atomic mass is 9.89. The van der Waals surface area contributed by atoms with E-state index in [1.807, 2.05) is 0 Å². The van der Waals surface area contributed by atoms with E-state index >= 15 is 4.39 Å². The van der Waals surface area contributed by atoms with E-state index in [9.17, 15) is 40.2 Å². The largest absolute Gasteiger partial charge is 0.428 e. The van der Waals surface area contributed by atoms with Gasteiger partial charge in [0.15, 0.2) is 5.67 Å². The van der Waals surface area contributed by atoms with Gasteiger partial charge in [0.05, 0.1) is 52.5 Å². The first-order valence-electron chi connectivity index (χ1n) is 11.2. The van der Waals surface area contributed by atoms with Crippen molar-refractivity contribution in [1.29, 1.82) is 0 Å². The summed E-state index contributed by atoms with van der Waals surface area (Å²) in [6.07, 6.45) is -8.57. The molecule has 0 bridgehead atoms. The van der Waals surface area contributed by atoms with Crippen molar-refractivity contribution >= 4 is 33.8 Å². The van der Waals surface area contributed by atoms with Crippen LogP contribution in [0.25, 0.3) is 5.70 Å². The Labute approximate surface area is 222 Å². The van der Waals surface area contributed by atoms with Gasteiger partial charge in [-0.25, -0.2) is 4.39 Å². The number of benzene rings is 1. The molecular weight excluding hydrogens is 583 g/mol. The minimum atomic E-state index is -5.19. The fourth-order valence-corrected chi connectivity index (χ4v) is 6.35. The molecule has 2 saturated heterocycles. The van der Waals surface area contributed by atoms with Crippen molar-refractivity contribution in [2.45, 2.75) is 23.6 Å². The molecule has 1 aromatic carbocycles. The first kappa shape index (κ1) is 28.0. The molecule has 3 N–H and O–H groups in total. The molecule has 7 nitrogen and oxygen atoms in total. The molecule has 3 aliphatic heterocycles. The predicted octanol–water partition coefficient (Wildman–Crippen LogP) is 5.47. The number of hydrogen-bond donors (Lipinski definition) is 3. The van der Waals surface area contributed by atoms with Crippen LogP contribution in [0.3, 0.4) is 0 Å². The second-order valence-corrected chi connectivity index (χ2v) is 12.3. The van der Waals surface area contributed by atoms with Crippen LogP contribution >= 0.6 is 22.2 Å². The van der Waals surface area contributed by atoms with Crippen LogP contribution in [0, 0.1) is 5.92 Å². The van der Waals surface area contributed by atoms with Crippen LogP contribution in [0.15, 0.2) is 42.6 Å². The van der Waals surface area contributed by atoms with Gasteiger partial charge in [0.1, 0.15) is 0 Å². The SMILES string of the molecule is O=C(C1CS(O)(O)C1)N1CC(F)(c2ccc(C3=CC(c4ccc(Cl)c(C(F)(F)F)c4)(C(F)(F)F)ON3)cn2)C1. The fourth-order valence-electron chi connectivity index (χ4n) is 4.65. The third kappa shape index (κ3) is 4.84. The Hall–Kier alpha value is -2.59. The maximum absolute atomic E-state index is 15.3. The van der Waals surface area contributed by atoms with Crippen LogP contribution in [0.4, 0.5) is 30.7 Å². The van der Waals surface area contributed by atoms with E-state index in [4.69, 9.17) is 16.4 Å². The average Bonchev–Trinajstić information content (AvgIpc) is 3.27. The highest BCUT2D eigenvalue weighted by atomic mass is 35.5. The third-order valence-electron chi connectivity index (χ3n) is 6.80. The number of carbonyl (C=O) groups excluding carboxylic acids is 1. The quantitative estimate of drug-likeness (QED) is 0.402. The molecule has 0 spiro atoms. The lowest BCUT2D eigenvalue weighted by molar-refractivity contribution is -0.269. The smallest absolute Gasteiger partial charge is 0.335 e. The van der Waals surface area contributed by atoms with Crippen LogP contribution < -0.4 is 5.48 Å². The van der Waals surface area contributed by atoms with Gasteiger partial charge in [-0.1, -0.05) is 17.7 Å². The van der Waals surface area contributed by atoms with Crippen molar-refractivity contribution in [3.8, 4) is 0 Å². The number of hydroxylamine groups is 1. The summed E-state index contributed by atoms with van der Waals surface area (Å²) >= 11 is 5.55. The second kappa shape index (κ2) is 8.96. The van der Waals surface area contributed by atoms with Crippen LogP contribution in [0.2, 0.25) is 5.02 Å². The molecule has 0 saturated carbocycles. The van der Waals surface area contributed by atoms with Crippen LogP contribution in [0.1, 0.15) is 22.4 Å². The topological polar surface area (TPSA) is 94.9 Å². The Morgan fingerprint density at radius 3 is 2.33 bits per heavy atom. The Morgan fingerprint density at radius 1 is 1.13 bits per heavy atom. The molecule has 16 heteroatoms. The summed E-state index contributed by atoms with van der Waals surface area (Å²) in [5, 5.41) is -0.779. The van der Waals surface area contributed by atoms with E-state index in [2.05, 4.69) is 10.5 Å². The third-order valence-corrected chi connectivity index (χ3v) is 9.01. The molecule has 1 amide bonds. The zero-order chi connectivity index (χ0) is 28.6. The lowest BCUT2D eigenvalue weighted by Crippen LogP contribution is -2.62. The molecule has 39 heavy (non-hydrogen) atoms. The normalized spacial score (nSPS) is 25.3. The van der Waals surface area contributed by atoms with Crippen LogP contribution in [-0.4, -0.2) is 55.7 Å². The summed E-state index contributed by atoms with van der Waals surface area (Å²) in [5.41, 5.74) is -5.86. The van der Waals surface area contributed by atoms with Gasteiger partial charge in [0, 0.05) is 17.3 Å². The van der Waals surface area contributed by atoms with Crippen molar-refractivity contribution in [1.82, 2.24) is 15.4 Å². The molecule has 0 aliphatic carbocycles. The van der Waals surface area contributed by atoms with E-state index in [1.54, 1.807) is 0 Å². The van der Waals surface area contributed by atoms with Gasteiger partial charge in [-0.15, -0.1) is 0 Å². The Bertz CT molecular complexity index is 1340. The van der Waals surface area contributed by atoms with E-state index in [1.165, 1.54) is 17.0 Å². The first-order chi connectivity index (χ1) is 17.9. The van der Waals surface area contributed by atoms with E-state index in [-0.39, 0.29) is 47.6 Å². The Balaban J connectivity index is 1.36. The number of alkyl halides is 7. The molecule has 0 radical (unpaired) electrons. The highest BCUT2D eigenvalue weighted by Crippen LogP contribution is 2.53. The molecule has 1 atom stereocenters. The molecule has 4 heterocycles. The zero-order valence-electron chi connectivity index (χ0n) is 19.5. The summed E-state index contributed by atoms with van der Waals surface area (Å²) in [6, 6.07) is 4.21. The van der Waals surface area contributed by atoms with E-state index < -0.39 is 62.2 Å². The van der Waals surface area contributed by atoms with Crippen LogP contribution in [-0.2, 0) is 27.1 Å². The number of nitrogens with one attached hydrogen (secondary N) is 1. The molecular formula is C23H19ClF7N3O4S. The number of rotatable bonds is 4. The van der Waals surface area contributed by atoms with E-state index in [0.29, 0.717) is 12.1 Å². The highest BCUT2D eigenvalue weighted by Gasteiger charge is 2.60. The lowest BCUT2D eigenvalue weighted by Gasteiger charge is -2.51. The summed E-state index contributed by atoms with van der Waals surface area (Å²) in [7, 11) is -2.73. The van der Waals surface area contributed by atoms with Gasteiger partial charge < -0.3 is 4.90 Å². The number of likely N-dealkylation sites (tertiary alicyclic amines) is 1. The maximum atomic E-state index is 15.3. The van der Waals surface area contributed by atoms with Gasteiger partial charge in [-0.2, -0.15) is 36.9 Å². The number of halogens is 8. The Kier molecular flexibility index (Phi) is 6.42. The highest BCUT2D eigenvalue weighted by molar-refractivity contribution is 8.25. The van der Waals surface area contributed by atoms with Gasteiger partial charge in [-0.3, -0.25) is 29.2 Å². The summed E-state index contributed by atoms with van der Waals surface area (Å²) in [5.74, 6) is -1.11. The second-order valence-electron chi connectivity index (χ2n) is 9.61. The molecule has 3 aliphatic rings. The monoisotopic (exact) mass is 601 g/mol. The molecule has 2 fully saturated rings. The average molecular weight is 602 g/mol. The van der Waals surface area contributed by atoms with Crippen molar-refractivity contribution in [3.05, 3.63) is 70.0 Å². The molecule has 5 rings (SSSR count). The number of amides is 1. The number of aromatic nitrogens is 1. The number of pyridine rings is 1. The number of carbonyl (C=O) groups is 1. The van der Waals surface area contributed by atoms with Gasteiger partial charge in [0.2, 0.25) is 11.5 Å². The standard InChI is InChI=1S/C23H19ClF7N3O4S/c24-16-3-2-14(5-15(16)22(26,27)28)21(23(29,30)31)6-17(33-38-21)12-1-4-18(32-7-12)20(25)10-34(11-20)19(35)13-8-39(36,37)9-13/h1-7,13,33,36-37H,8-11H2. The van der Waals surface area contributed by atoms with Crippen molar-refractivity contribution in [3.63, 3.8) is 0 Å². The zero-order valence-corrected chi connectivity index (χ0v) is 21.1. The molecule has 2 aromatic rings. The van der Waals surface area contributed by atoms with Crippen molar-refractivity contribution in [2.75, 3.05) is 24.6 Å². The van der Waals surface area contributed by atoms with Crippen molar-refractivity contribution in [2.24, 2.45) is 5.92 Å². The maximum Gasteiger partial charge on any atom is 0.428 e. The predicted molar refractivity (Wildman–Crippen MR) is 126 cm³/mol. The first-order valence-corrected chi connectivity index (χ1v) is 13.5. The minimum absolute atomic E-state index is 0.0328. The van der Waals surface area contributed by atoms with E-state index in [0.717, 1.165) is 12.3 Å². The molecule has 1 aromatic heterocycles. The minimum Gasteiger partial charge on any atom is -0.335 e. The van der Waals surface area contributed by atoms with Gasteiger partial charge >= 0.3 is 12.4 Å². The summed E-state index contributed by atoms with van der Waals surface area (Å²) in [4.78, 5) is 22.4.